The summed E-state index contributed by atoms with van der Waals surface area (Å²) in [6.45, 7) is 20.0. The smallest absolute Gasteiger partial charge is 0.311 e. The van der Waals surface area contributed by atoms with Crippen molar-refractivity contribution in [1.29, 1.82) is 0 Å². The molecule has 0 aliphatic carbocycles. The number of hydrogen-bond donors (Lipinski definition) is 6. The summed E-state index contributed by atoms with van der Waals surface area (Å²) >= 11 is 0. The molecule has 0 unspecified atom stereocenters. The number of Topliss-reactive ketones (excluding diaryl/α,β-unsaturated/α-hetero) is 1. The molecule has 3 aliphatic rings. The molecule has 0 aromatic carbocycles. The molecule has 0 saturated carbocycles. The molecule has 6 N–H and O–H groups in total. The first-order valence-electron chi connectivity index (χ1n) is 19.0. The van der Waals surface area contributed by atoms with E-state index < -0.39 is 94.8 Å². The molecule has 49 heavy (non-hydrogen) atoms. The lowest BCUT2D eigenvalue weighted by molar-refractivity contribution is -0.348. The molecule has 0 bridgehead atoms. The zero-order valence-electron chi connectivity index (χ0n) is 31.9. The van der Waals surface area contributed by atoms with Crippen LogP contribution in [0.3, 0.4) is 0 Å². The number of aliphatic hydroxyl groups excluding tert-OH is 3. The zero-order valence-corrected chi connectivity index (χ0v) is 31.9. The number of carbonyl (C=O) groups excluding carboxylic acids is 1. The highest BCUT2D eigenvalue weighted by Crippen LogP contribution is 2.56. The van der Waals surface area contributed by atoms with Gasteiger partial charge in [0.1, 0.15) is 17.3 Å². The Morgan fingerprint density at radius 3 is 2.02 bits per heavy atom. The molecule has 0 aromatic heterocycles. The van der Waals surface area contributed by atoms with Gasteiger partial charge in [0.05, 0.1) is 36.1 Å². The summed E-state index contributed by atoms with van der Waals surface area (Å²) in [6, 6.07) is 0. The van der Waals surface area contributed by atoms with Crippen molar-refractivity contribution in [2.45, 2.75) is 181 Å². The van der Waals surface area contributed by atoms with Crippen LogP contribution in [0.2, 0.25) is 0 Å². The largest absolute Gasteiger partial charge is 0.481 e. The maximum atomic E-state index is 14.3. The lowest BCUT2D eigenvalue weighted by Gasteiger charge is -2.52. The van der Waals surface area contributed by atoms with Gasteiger partial charge in [0.2, 0.25) is 0 Å². The average molecular weight is 701 g/mol. The van der Waals surface area contributed by atoms with E-state index in [0.717, 1.165) is 6.42 Å². The molecule has 0 aromatic rings. The number of carboxylic acids is 1. The Morgan fingerprint density at radius 1 is 0.918 bits per heavy atom. The number of aliphatic hydroxyl groups is 5. The van der Waals surface area contributed by atoms with Crippen molar-refractivity contribution < 1.29 is 54.4 Å². The fraction of sp³-hybridized carbons (Fsp3) is 0.947. The molecule has 3 heterocycles. The van der Waals surface area contributed by atoms with Gasteiger partial charge >= 0.3 is 5.97 Å². The number of carbonyl (C=O) groups is 2. The highest BCUT2D eigenvalue weighted by molar-refractivity contribution is 5.84. The third-order valence-corrected chi connectivity index (χ3v) is 13.1. The van der Waals surface area contributed by atoms with E-state index in [1.807, 2.05) is 48.5 Å². The Hall–Kier alpha value is -1.18. The third-order valence-electron chi connectivity index (χ3n) is 13.1. The summed E-state index contributed by atoms with van der Waals surface area (Å²) in [7, 11) is 0. The van der Waals surface area contributed by atoms with Crippen LogP contribution in [-0.4, -0.2) is 95.7 Å². The fourth-order valence-corrected chi connectivity index (χ4v) is 9.82. The Labute approximate surface area is 294 Å². The summed E-state index contributed by atoms with van der Waals surface area (Å²) in [5, 5.41) is 67.8. The average Bonchev–Trinajstić information content (AvgIpc) is 3.52. The van der Waals surface area contributed by atoms with E-state index in [1.165, 1.54) is 0 Å². The quantitative estimate of drug-likeness (QED) is 0.132. The number of rotatable bonds is 16. The van der Waals surface area contributed by atoms with Crippen LogP contribution in [0, 0.1) is 47.3 Å². The second kappa shape index (κ2) is 15.8. The molecular formula is C38H68O11. The maximum Gasteiger partial charge on any atom is 0.311 e. The first-order valence-corrected chi connectivity index (χ1v) is 19.0. The highest BCUT2D eigenvalue weighted by Gasteiger charge is 2.67. The third kappa shape index (κ3) is 7.26. The lowest BCUT2D eigenvalue weighted by atomic mass is 9.69. The summed E-state index contributed by atoms with van der Waals surface area (Å²) < 4.78 is 19.4. The van der Waals surface area contributed by atoms with Crippen molar-refractivity contribution in [2.24, 2.45) is 47.3 Å². The predicted molar refractivity (Wildman–Crippen MR) is 184 cm³/mol. The Morgan fingerprint density at radius 2 is 1.53 bits per heavy atom. The minimum Gasteiger partial charge on any atom is -0.481 e. The van der Waals surface area contributed by atoms with Gasteiger partial charge in [-0.05, 0) is 57.8 Å². The van der Waals surface area contributed by atoms with E-state index in [1.54, 1.807) is 27.7 Å². The molecule has 3 aliphatic heterocycles. The molecule has 0 radical (unpaired) electrons. The van der Waals surface area contributed by atoms with E-state index in [2.05, 4.69) is 0 Å². The van der Waals surface area contributed by atoms with E-state index >= 15 is 0 Å². The molecule has 11 nitrogen and oxygen atoms in total. The molecule has 0 spiro atoms. The number of carboxylic acid groups (broad SMARTS) is 1. The number of aliphatic carboxylic acids is 1. The van der Waals surface area contributed by atoms with Gasteiger partial charge in [0.15, 0.2) is 11.6 Å². The summed E-state index contributed by atoms with van der Waals surface area (Å²) in [4.78, 5) is 26.4. The van der Waals surface area contributed by atoms with Gasteiger partial charge in [-0.25, -0.2) is 0 Å². The minimum atomic E-state index is -2.16. The van der Waals surface area contributed by atoms with E-state index in [-0.39, 0.29) is 24.0 Å². The van der Waals surface area contributed by atoms with Crippen LogP contribution in [0.15, 0.2) is 0 Å². The van der Waals surface area contributed by atoms with Crippen LogP contribution >= 0.6 is 0 Å². The SMILES string of the molecule is CCC[C@H](O)[C@]1(CC)C[C@@H](C)[C@](O)([C@]2(C)C[C@@H](C)[C@H]([C@H](CC)C(=O)[C@H](C)[C@H](O)[C@H](C)[C@H]3O[C@](O)([C@@H](CC)C(=O)O)[C@H](C)[C@@H](O)[C@@H]3CC)O2)O1. The first-order chi connectivity index (χ1) is 22.7. The van der Waals surface area contributed by atoms with Crippen molar-refractivity contribution in [3.8, 4) is 0 Å². The van der Waals surface area contributed by atoms with Crippen molar-refractivity contribution in [3.63, 3.8) is 0 Å². The predicted octanol–water partition coefficient (Wildman–Crippen LogP) is 4.67. The second-order valence-electron chi connectivity index (χ2n) is 16.2. The molecule has 0 amide bonds. The maximum absolute atomic E-state index is 14.3. The minimum absolute atomic E-state index is 0.0760. The molecule has 3 rings (SSSR count). The van der Waals surface area contributed by atoms with Crippen molar-refractivity contribution in [2.75, 3.05) is 0 Å². The van der Waals surface area contributed by atoms with Gasteiger partial charge in [-0.1, -0.05) is 75.7 Å². The van der Waals surface area contributed by atoms with Gasteiger partial charge in [0.25, 0.3) is 0 Å². The molecule has 11 heteroatoms. The van der Waals surface area contributed by atoms with Crippen LogP contribution in [0.4, 0.5) is 0 Å². The lowest BCUT2D eigenvalue weighted by Crippen LogP contribution is -2.64. The Kier molecular flexibility index (Phi) is 13.6. The van der Waals surface area contributed by atoms with E-state index in [4.69, 9.17) is 14.2 Å². The molecular weight excluding hydrogens is 632 g/mol. The monoisotopic (exact) mass is 700 g/mol. The summed E-state index contributed by atoms with van der Waals surface area (Å²) in [5.41, 5.74) is -2.05. The highest BCUT2D eigenvalue weighted by atomic mass is 16.7. The summed E-state index contributed by atoms with van der Waals surface area (Å²) in [5.74, 6) is -10.7. The van der Waals surface area contributed by atoms with Crippen molar-refractivity contribution in [1.82, 2.24) is 0 Å². The van der Waals surface area contributed by atoms with Crippen LogP contribution in [0.1, 0.15) is 128 Å². The molecule has 3 saturated heterocycles. The van der Waals surface area contributed by atoms with Crippen molar-refractivity contribution in [3.05, 3.63) is 0 Å². The Balaban J connectivity index is 1.85. The van der Waals surface area contributed by atoms with Gasteiger partial charge < -0.3 is 44.8 Å². The fourth-order valence-electron chi connectivity index (χ4n) is 9.82. The van der Waals surface area contributed by atoms with Crippen LogP contribution in [0.25, 0.3) is 0 Å². The first kappa shape index (κ1) is 42.2. The van der Waals surface area contributed by atoms with Gasteiger partial charge in [-0.2, -0.15) is 0 Å². The van der Waals surface area contributed by atoms with Gasteiger partial charge in [-0.15, -0.1) is 0 Å². The van der Waals surface area contributed by atoms with Crippen LogP contribution in [-0.2, 0) is 23.8 Å². The second-order valence-corrected chi connectivity index (χ2v) is 16.2. The van der Waals surface area contributed by atoms with Crippen molar-refractivity contribution >= 4 is 11.8 Å². The Bertz CT molecular complexity index is 1130. The van der Waals surface area contributed by atoms with Gasteiger partial charge in [-0.3, -0.25) is 9.59 Å². The normalized spacial score (nSPS) is 43.5. The standard InChI is InChI=1S/C38H68O11/c1-12-17-28(39)36(16-5)19-21(7)38(46,49-36)35(11)18-20(6)32(47-35)25(13-2)30(41)22(8)29(40)23(9)33-26(14-3)31(42)24(10)37(45,48-33)27(15-4)34(43)44/h20-29,31-33,39-40,42,45-46H,12-19H2,1-11H3,(H,43,44)/t20-,21-,22-,23+,24-,25-,26+,27+,28+,29+,31-,32-,33-,35+,36+,37+,38-/m1/s1. The molecule has 17 atom stereocenters. The van der Waals surface area contributed by atoms with E-state index in [0.29, 0.717) is 38.5 Å². The van der Waals surface area contributed by atoms with Gasteiger partial charge in [0, 0.05) is 35.5 Å². The van der Waals surface area contributed by atoms with Crippen LogP contribution < -0.4 is 0 Å². The topological polar surface area (TPSA) is 183 Å². The van der Waals surface area contributed by atoms with Crippen LogP contribution in [0.5, 0.6) is 0 Å². The van der Waals surface area contributed by atoms with E-state index in [9.17, 15) is 40.2 Å². The zero-order chi connectivity index (χ0) is 37.4. The number of hydrogen-bond acceptors (Lipinski definition) is 10. The molecule has 3 fully saturated rings. The number of ether oxygens (including phenoxy) is 3. The molecule has 286 valence electrons. The summed E-state index contributed by atoms with van der Waals surface area (Å²) in [6.07, 6.45) is -0.779. The number of ketones is 1.